The number of carboxylic acids is 1. The summed E-state index contributed by atoms with van der Waals surface area (Å²) in [6.45, 7) is 18.0. The first-order valence-corrected chi connectivity index (χ1v) is 13.8. The molecule has 0 radical (unpaired) electrons. The van der Waals surface area contributed by atoms with E-state index in [9.17, 15) is 15.0 Å². The summed E-state index contributed by atoms with van der Waals surface area (Å²) in [5.74, 6) is -1.17. The molecular weight excluding hydrogens is 486 g/mol. The molecule has 1 aliphatic heterocycles. The van der Waals surface area contributed by atoms with Crippen molar-refractivity contribution in [2.75, 3.05) is 26.7 Å². The highest BCUT2D eigenvalue weighted by Gasteiger charge is 2.41. The first-order valence-electron chi connectivity index (χ1n) is 13.0. The van der Waals surface area contributed by atoms with Crippen molar-refractivity contribution in [3.05, 3.63) is 44.6 Å². The number of fused-ring (bicyclic) bond motifs is 1. The number of aliphatic hydroxyl groups excluding tert-OH is 1. The first kappa shape index (κ1) is 27.7. The van der Waals surface area contributed by atoms with Gasteiger partial charge in [-0.2, -0.15) is 0 Å². The van der Waals surface area contributed by atoms with Crippen molar-refractivity contribution in [3.8, 4) is 0 Å². The molecule has 1 aromatic carbocycles. The fraction of sp³-hybridized carbons (Fsp3) is 0.607. The molecule has 0 aliphatic carbocycles. The molecule has 2 aromatic heterocycles. The number of hydrogen-bond donors (Lipinski definition) is 2. The zero-order valence-electron chi connectivity index (χ0n) is 23.4. The number of hydrogen-bond acceptors (Lipinski definition) is 7. The molecular formula is C28H41N5O3S. The van der Waals surface area contributed by atoms with Gasteiger partial charge < -0.3 is 10.2 Å². The van der Waals surface area contributed by atoms with Gasteiger partial charge in [0.25, 0.3) is 0 Å². The standard InChI is InChI=1S/C28H41N5O3S/c1-9-33-21-11-10-20(17(2)25(21)29-30-33)24(28(6,7)26(35)36)22-12-19(18(3)37-22)13-32-14-23(34)31(8)15-27(4,5)16-32/h10-12,23-24,34H,9,13-16H2,1-8H3,(H,35,36)/t23?,24-/m1/s1. The molecule has 1 saturated heterocycles. The second kappa shape index (κ2) is 10.1. The van der Waals surface area contributed by atoms with E-state index >= 15 is 0 Å². The topological polar surface area (TPSA) is 94.7 Å². The Morgan fingerprint density at radius 1 is 1.27 bits per heavy atom. The summed E-state index contributed by atoms with van der Waals surface area (Å²) in [4.78, 5) is 19.1. The van der Waals surface area contributed by atoms with Crippen LogP contribution in [-0.2, 0) is 17.9 Å². The number of carboxylic acid groups (broad SMARTS) is 1. The van der Waals surface area contributed by atoms with E-state index in [-0.39, 0.29) is 11.3 Å². The predicted molar refractivity (Wildman–Crippen MR) is 148 cm³/mol. The van der Waals surface area contributed by atoms with Crippen molar-refractivity contribution in [2.45, 2.75) is 73.7 Å². The zero-order chi connectivity index (χ0) is 27.3. The summed E-state index contributed by atoms with van der Waals surface area (Å²) >= 11 is 1.68. The summed E-state index contributed by atoms with van der Waals surface area (Å²) in [5.41, 5.74) is 3.95. The lowest BCUT2D eigenvalue weighted by Crippen LogP contribution is -2.38. The van der Waals surface area contributed by atoms with Crippen molar-refractivity contribution >= 4 is 28.3 Å². The van der Waals surface area contributed by atoms with Crippen LogP contribution in [0.2, 0.25) is 0 Å². The third kappa shape index (κ3) is 5.32. The third-order valence-electron chi connectivity index (χ3n) is 7.84. The zero-order valence-corrected chi connectivity index (χ0v) is 24.2. The van der Waals surface area contributed by atoms with E-state index in [0.29, 0.717) is 6.54 Å². The minimum Gasteiger partial charge on any atom is -0.481 e. The van der Waals surface area contributed by atoms with E-state index < -0.39 is 17.6 Å². The molecule has 2 atom stereocenters. The van der Waals surface area contributed by atoms with Crippen molar-refractivity contribution in [1.82, 2.24) is 24.8 Å². The maximum absolute atomic E-state index is 12.6. The van der Waals surface area contributed by atoms with Crippen molar-refractivity contribution < 1.29 is 15.0 Å². The van der Waals surface area contributed by atoms with Crippen LogP contribution in [0, 0.1) is 24.7 Å². The molecule has 1 fully saturated rings. The highest BCUT2D eigenvalue weighted by atomic mass is 32.1. The highest BCUT2D eigenvalue weighted by Crippen LogP contribution is 2.46. The molecule has 0 spiro atoms. The molecule has 202 valence electrons. The molecule has 1 unspecified atom stereocenters. The molecule has 0 saturated carbocycles. The summed E-state index contributed by atoms with van der Waals surface area (Å²) in [6.07, 6.45) is -0.509. The number of thiophene rings is 1. The first-order chi connectivity index (χ1) is 17.2. The van der Waals surface area contributed by atoms with Crippen LogP contribution >= 0.6 is 11.3 Å². The van der Waals surface area contributed by atoms with Gasteiger partial charge in [-0.05, 0) is 75.9 Å². The van der Waals surface area contributed by atoms with E-state index in [0.717, 1.165) is 53.2 Å². The third-order valence-corrected chi connectivity index (χ3v) is 9.00. The van der Waals surface area contributed by atoms with Gasteiger partial charge in [-0.15, -0.1) is 16.4 Å². The maximum atomic E-state index is 12.6. The maximum Gasteiger partial charge on any atom is 0.310 e. The predicted octanol–water partition coefficient (Wildman–Crippen LogP) is 4.46. The Morgan fingerprint density at radius 3 is 2.62 bits per heavy atom. The number of rotatable bonds is 7. The molecule has 0 amide bonds. The fourth-order valence-corrected chi connectivity index (χ4v) is 7.18. The summed E-state index contributed by atoms with van der Waals surface area (Å²) in [5, 5.41) is 29.7. The monoisotopic (exact) mass is 527 g/mol. The number of carbonyl (C=O) groups is 1. The van der Waals surface area contributed by atoms with Crippen LogP contribution in [-0.4, -0.2) is 73.9 Å². The molecule has 3 heterocycles. The van der Waals surface area contributed by atoms with E-state index in [1.807, 2.05) is 50.4 Å². The Bertz CT molecular complexity index is 1290. The van der Waals surface area contributed by atoms with Gasteiger partial charge in [0.1, 0.15) is 11.7 Å². The Labute approximate surface area is 223 Å². The van der Waals surface area contributed by atoms with Gasteiger partial charge in [0, 0.05) is 48.4 Å². The molecule has 0 bridgehead atoms. The molecule has 37 heavy (non-hydrogen) atoms. The van der Waals surface area contributed by atoms with Gasteiger partial charge in [-0.1, -0.05) is 25.1 Å². The van der Waals surface area contributed by atoms with Crippen LogP contribution in [0.4, 0.5) is 0 Å². The Hall–Kier alpha value is -2.33. The minimum absolute atomic E-state index is 0.0509. The lowest BCUT2D eigenvalue weighted by molar-refractivity contribution is -0.147. The van der Waals surface area contributed by atoms with Crippen molar-refractivity contribution in [3.63, 3.8) is 0 Å². The quantitative estimate of drug-likeness (QED) is 0.468. The molecule has 2 N–H and O–H groups in total. The minimum atomic E-state index is -1.03. The van der Waals surface area contributed by atoms with Crippen LogP contribution in [0.15, 0.2) is 18.2 Å². The summed E-state index contributed by atoms with van der Waals surface area (Å²) in [7, 11) is 1.97. The lowest BCUT2D eigenvalue weighted by atomic mass is 9.72. The Balaban J connectivity index is 1.75. The average molecular weight is 528 g/mol. The molecule has 4 rings (SSSR count). The van der Waals surface area contributed by atoms with Gasteiger partial charge in [0.15, 0.2) is 0 Å². The van der Waals surface area contributed by atoms with Crippen LogP contribution in [0.25, 0.3) is 11.0 Å². The number of aliphatic hydroxyl groups is 1. The molecule has 8 nitrogen and oxygen atoms in total. The van der Waals surface area contributed by atoms with E-state index in [4.69, 9.17) is 0 Å². The number of aliphatic carboxylic acids is 1. The van der Waals surface area contributed by atoms with Gasteiger partial charge >= 0.3 is 5.97 Å². The van der Waals surface area contributed by atoms with Crippen molar-refractivity contribution in [1.29, 1.82) is 0 Å². The van der Waals surface area contributed by atoms with Crippen LogP contribution < -0.4 is 0 Å². The molecule has 3 aromatic rings. The van der Waals surface area contributed by atoms with Gasteiger partial charge in [0.2, 0.25) is 0 Å². The molecule has 9 heteroatoms. The second-order valence-electron chi connectivity index (χ2n) is 12.0. The highest BCUT2D eigenvalue weighted by molar-refractivity contribution is 7.12. The van der Waals surface area contributed by atoms with Gasteiger partial charge in [0.05, 0.1) is 10.9 Å². The normalized spacial score (nSPS) is 20.3. The van der Waals surface area contributed by atoms with E-state index in [1.165, 1.54) is 10.4 Å². The lowest BCUT2D eigenvalue weighted by Gasteiger charge is -2.31. The van der Waals surface area contributed by atoms with Crippen molar-refractivity contribution in [2.24, 2.45) is 10.8 Å². The van der Waals surface area contributed by atoms with E-state index in [2.05, 4.69) is 48.1 Å². The number of aryl methyl sites for hydroxylation is 3. The summed E-state index contributed by atoms with van der Waals surface area (Å²) in [6, 6.07) is 6.27. The van der Waals surface area contributed by atoms with Crippen LogP contribution in [0.5, 0.6) is 0 Å². The number of aromatic nitrogens is 3. The van der Waals surface area contributed by atoms with Crippen LogP contribution in [0.3, 0.4) is 0 Å². The van der Waals surface area contributed by atoms with Gasteiger partial charge in [-0.3, -0.25) is 14.6 Å². The van der Waals surface area contributed by atoms with E-state index in [1.54, 1.807) is 11.3 Å². The average Bonchev–Trinajstić information content (AvgIpc) is 3.35. The molecule has 1 aliphatic rings. The Morgan fingerprint density at radius 2 is 1.97 bits per heavy atom. The number of β-amino-alcohol motifs (C(OH)–C–C–N with tert-alkyl or cyclic N) is 1. The number of nitrogens with zero attached hydrogens (tertiary/aromatic N) is 5. The largest absolute Gasteiger partial charge is 0.481 e. The van der Waals surface area contributed by atoms with Gasteiger partial charge in [-0.25, -0.2) is 4.68 Å². The van der Waals surface area contributed by atoms with Crippen LogP contribution in [0.1, 0.15) is 67.0 Å². The summed E-state index contributed by atoms with van der Waals surface area (Å²) < 4.78 is 1.87. The number of likely N-dealkylation sites (N-methyl/N-ethyl adjacent to an activating group) is 1. The smallest absolute Gasteiger partial charge is 0.310 e. The Kier molecular flexibility index (Phi) is 7.56. The number of benzene rings is 1. The second-order valence-corrected chi connectivity index (χ2v) is 13.3. The SMILES string of the molecule is CCn1nnc2c(C)c([C@H](c3cc(CN4CC(O)N(C)CC(C)(C)C4)c(C)s3)C(C)(C)C(=O)O)ccc21. The fourth-order valence-electron chi connectivity index (χ4n) is 5.83.